The predicted octanol–water partition coefficient (Wildman–Crippen LogP) is 4.47. The van der Waals surface area contributed by atoms with Crippen molar-refractivity contribution in [1.29, 1.82) is 0 Å². The molecule has 0 atom stereocenters. The van der Waals surface area contributed by atoms with E-state index in [0.29, 0.717) is 0 Å². The van der Waals surface area contributed by atoms with Gasteiger partial charge in [0.25, 0.3) is 0 Å². The van der Waals surface area contributed by atoms with Gasteiger partial charge in [-0.25, -0.2) is 0 Å². The fourth-order valence-electron chi connectivity index (χ4n) is 1.87. The second-order valence-corrected chi connectivity index (χ2v) is 5.63. The SMILES string of the molecule is S=C=C=C(I)c1cc2c(cc1Br)CCC2. The molecule has 0 bridgehead atoms. The summed E-state index contributed by atoms with van der Waals surface area (Å²) in [6.07, 6.45) is 3.67. The van der Waals surface area contributed by atoms with E-state index in [4.69, 9.17) is 0 Å². The molecular weight excluding hydrogens is 383 g/mol. The maximum Gasteiger partial charge on any atom is 0.0724 e. The van der Waals surface area contributed by atoms with E-state index < -0.39 is 0 Å². The highest BCUT2D eigenvalue weighted by molar-refractivity contribution is 14.1. The van der Waals surface area contributed by atoms with Crippen LogP contribution in [0, 0.1) is 0 Å². The number of thiocarbonyl (C=S) groups is 1. The summed E-state index contributed by atoms with van der Waals surface area (Å²) in [5.74, 6) is 0. The molecule has 3 heteroatoms. The van der Waals surface area contributed by atoms with Crippen LogP contribution >= 0.6 is 50.7 Å². The van der Waals surface area contributed by atoms with Crippen LogP contribution in [0.5, 0.6) is 0 Å². The van der Waals surface area contributed by atoms with Crippen molar-refractivity contribution in [2.24, 2.45) is 0 Å². The molecule has 2 rings (SSSR count). The molecule has 0 nitrogen and oxygen atoms in total. The summed E-state index contributed by atoms with van der Waals surface area (Å²) in [4.78, 5) is 0. The zero-order valence-electron chi connectivity index (χ0n) is 7.94. The van der Waals surface area contributed by atoms with E-state index >= 15 is 0 Å². The van der Waals surface area contributed by atoms with Crippen LogP contribution in [-0.4, -0.2) is 5.02 Å². The summed E-state index contributed by atoms with van der Waals surface area (Å²) in [5, 5.41) is 2.53. The van der Waals surface area contributed by atoms with E-state index in [1.807, 2.05) is 0 Å². The van der Waals surface area contributed by atoms with Crippen LogP contribution in [0.3, 0.4) is 0 Å². The molecule has 0 aromatic heterocycles. The minimum atomic E-state index is 1.02. The van der Waals surface area contributed by atoms with Gasteiger partial charge in [0, 0.05) is 15.1 Å². The molecule has 0 saturated carbocycles. The molecule has 0 heterocycles. The molecule has 0 N–H and O–H groups in total. The molecule has 0 saturated heterocycles. The average molecular weight is 391 g/mol. The number of hydrogen-bond acceptors (Lipinski definition) is 1. The van der Waals surface area contributed by atoms with Gasteiger partial charge in [-0.1, -0.05) is 15.9 Å². The third-order valence-electron chi connectivity index (χ3n) is 2.58. The molecule has 76 valence electrons. The Balaban J connectivity index is 2.59. The fourth-order valence-corrected chi connectivity index (χ4v) is 3.70. The lowest BCUT2D eigenvalue weighted by Crippen LogP contribution is -1.87. The fraction of sp³-hybridized carbons (Fsp3) is 0.250. The molecule has 0 amide bonds. The summed E-state index contributed by atoms with van der Waals surface area (Å²) < 4.78 is 2.15. The lowest BCUT2D eigenvalue weighted by atomic mass is 10.1. The van der Waals surface area contributed by atoms with Gasteiger partial charge < -0.3 is 0 Å². The minimum absolute atomic E-state index is 1.02. The Bertz CT molecular complexity index is 495. The Kier molecular flexibility index (Phi) is 3.81. The van der Waals surface area contributed by atoms with Gasteiger partial charge in [-0.15, -0.1) is 0 Å². The molecule has 0 radical (unpaired) electrons. The number of aryl methyl sites for hydroxylation is 2. The van der Waals surface area contributed by atoms with Gasteiger partial charge >= 0.3 is 0 Å². The molecule has 1 aromatic rings. The first-order chi connectivity index (χ1) is 7.22. The third kappa shape index (κ3) is 2.43. The number of halogens is 2. The Hall–Kier alpha value is 0.0800. The molecule has 1 aromatic carbocycles. The molecule has 0 spiro atoms. The first-order valence-electron chi connectivity index (χ1n) is 4.69. The largest absolute Gasteiger partial charge is 0.0724 e. The Morgan fingerprint density at radius 1 is 1.33 bits per heavy atom. The molecule has 1 aliphatic rings. The smallest absolute Gasteiger partial charge is 0.0501 e. The molecular formula is C12H8BrIS. The summed E-state index contributed by atoms with van der Waals surface area (Å²) in [7, 11) is 0. The topological polar surface area (TPSA) is 0 Å². The first-order valence-corrected chi connectivity index (χ1v) is 6.97. The zero-order chi connectivity index (χ0) is 10.8. The van der Waals surface area contributed by atoms with E-state index in [1.165, 1.54) is 36.0 Å². The van der Waals surface area contributed by atoms with Gasteiger partial charge in [-0.2, -0.15) is 0 Å². The quantitative estimate of drug-likeness (QED) is 0.387. The van der Waals surface area contributed by atoms with Gasteiger partial charge in [0.1, 0.15) is 0 Å². The standard InChI is InChI=1S/C12H8BrIS/c13-11-7-9-3-1-2-8(9)6-10(11)12(14)4-5-15/h6-7H,1-3H2. The van der Waals surface area contributed by atoms with Crippen LogP contribution in [0.1, 0.15) is 23.1 Å². The van der Waals surface area contributed by atoms with Crippen LogP contribution in [-0.2, 0) is 12.8 Å². The van der Waals surface area contributed by atoms with Crippen LogP contribution in [0.4, 0.5) is 0 Å². The van der Waals surface area contributed by atoms with E-state index in [9.17, 15) is 0 Å². The van der Waals surface area contributed by atoms with Crippen molar-refractivity contribution in [3.8, 4) is 0 Å². The normalized spacial score (nSPS) is 12.9. The molecule has 15 heavy (non-hydrogen) atoms. The van der Waals surface area contributed by atoms with Gasteiger partial charge in [-0.05, 0) is 83.1 Å². The molecule has 0 aliphatic heterocycles. The molecule has 0 fully saturated rings. The van der Waals surface area contributed by atoms with Crippen molar-refractivity contribution in [3.05, 3.63) is 39.0 Å². The zero-order valence-corrected chi connectivity index (χ0v) is 12.5. The lowest BCUT2D eigenvalue weighted by Gasteiger charge is -2.05. The number of rotatable bonds is 1. The van der Waals surface area contributed by atoms with Gasteiger partial charge in [-0.3, -0.25) is 0 Å². The minimum Gasteiger partial charge on any atom is -0.0501 e. The van der Waals surface area contributed by atoms with Crippen molar-refractivity contribution in [2.45, 2.75) is 19.3 Å². The van der Waals surface area contributed by atoms with Gasteiger partial charge in [0.2, 0.25) is 0 Å². The van der Waals surface area contributed by atoms with Crippen LogP contribution in [0.2, 0.25) is 0 Å². The summed E-state index contributed by atoms with van der Waals surface area (Å²) in [5.41, 5.74) is 7.05. The van der Waals surface area contributed by atoms with Crippen molar-refractivity contribution >= 4 is 59.3 Å². The number of hydrogen-bond donors (Lipinski definition) is 0. The van der Waals surface area contributed by atoms with Crippen molar-refractivity contribution in [2.75, 3.05) is 0 Å². The van der Waals surface area contributed by atoms with Crippen LogP contribution in [0.25, 0.3) is 3.58 Å². The predicted molar refractivity (Wildman–Crippen MR) is 79.7 cm³/mol. The van der Waals surface area contributed by atoms with E-state index in [-0.39, 0.29) is 0 Å². The highest BCUT2D eigenvalue weighted by Crippen LogP contribution is 2.34. The monoisotopic (exact) mass is 390 g/mol. The summed E-state index contributed by atoms with van der Waals surface area (Å²) in [6, 6.07) is 4.47. The Labute approximate surface area is 117 Å². The van der Waals surface area contributed by atoms with Gasteiger partial charge in [0.05, 0.1) is 3.58 Å². The van der Waals surface area contributed by atoms with E-state index in [2.05, 4.69) is 73.6 Å². The van der Waals surface area contributed by atoms with Crippen LogP contribution < -0.4 is 0 Å². The Morgan fingerprint density at radius 2 is 2.00 bits per heavy atom. The third-order valence-corrected chi connectivity index (χ3v) is 4.19. The van der Waals surface area contributed by atoms with E-state index in [0.717, 1.165) is 8.05 Å². The summed E-state index contributed by atoms with van der Waals surface area (Å²) in [6.45, 7) is 0. The highest BCUT2D eigenvalue weighted by Gasteiger charge is 2.14. The van der Waals surface area contributed by atoms with Crippen molar-refractivity contribution < 1.29 is 0 Å². The van der Waals surface area contributed by atoms with Gasteiger partial charge in [0.15, 0.2) is 0 Å². The highest BCUT2D eigenvalue weighted by atomic mass is 127. The molecule has 0 unspecified atom stereocenters. The van der Waals surface area contributed by atoms with E-state index in [1.54, 1.807) is 0 Å². The lowest BCUT2D eigenvalue weighted by molar-refractivity contribution is 0.911. The second kappa shape index (κ2) is 4.94. The van der Waals surface area contributed by atoms with Crippen LogP contribution in [0.15, 0.2) is 22.3 Å². The second-order valence-electron chi connectivity index (χ2n) is 3.50. The molecule has 1 aliphatic carbocycles. The number of benzene rings is 1. The maximum absolute atomic E-state index is 4.67. The average Bonchev–Trinajstić information content (AvgIpc) is 2.63. The number of fused-ring (bicyclic) bond motifs is 1. The summed E-state index contributed by atoms with van der Waals surface area (Å²) >= 11 is 10.5. The maximum atomic E-state index is 4.67. The van der Waals surface area contributed by atoms with Crippen molar-refractivity contribution in [3.63, 3.8) is 0 Å². The Morgan fingerprint density at radius 3 is 2.67 bits per heavy atom. The first kappa shape index (κ1) is 11.6. The van der Waals surface area contributed by atoms with Crippen molar-refractivity contribution in [1.82, 2.24) is 0 Å².